The largest absolute Gasteiger partial charge is 0.333 e. The van der Waals surface area contributed by atoms with Crippen LogP contribution in [0.15, 0.2) is 40.2 Å². The minimum absolute atomic E-state index is 0.0287. The Morgan fingerprint density at radius 1 is 1.33 bits per heavy atom. The molecule has 1 aliphatic carbocycles. The molecule has 2 aromatic heterocycles. The number of hydrogen-bond donors (Lipinski definition) is 1. The molecule has 0 bridgehead atoms. The summed E-state index contributed by atoms with van der Waals surface area (Å²) in [5, 5.41) is 8.63. The molecule has 1 aliphatic rings. The zero-order valence-corrected chi connectivity index (χ0v) is 13.5. The van der Waals surface area contributed by atoms with Crippen LogP contribution in [0.3, 0.4) is 0 Å². The van der Waals surface area contributed by atoms with Gasteiger partial charge in [0.15, 0.2) is 5.82 Å². The molecule has 0 radical (unpaired) electrons. The number of anilines is 1. The van der Waals surface area contributed by atoms with E-state index in [9.17, 15) is 9.18 Å². The van der Waals surface area contributed by atoms with Gasteiger partial charge in [-0.05, 0) is 35.9 Å². The SMILES string of the molecule is O=C(Cc1ccccc1F)Nc1ccsc1-c1nc(C2CC2)no1. The highest BCUT2D eigenvalue weighted by Gasteiger charge is 2.29. The van der Waals surface area contributed by atoms with Crippen LogP contribution in [0.4, 0.5) is 10.1 Å². The monoisotopic (exact) mass is 343 g/mol. The van der Waals surface area contributed by atoms with E-state index >= 15 is 0 Å². The molecule has 7 heteroatoms. The third-order valence-corrected chi connectivity index (χ3v) is 4.73. The van der Waals surface area contributed by atoms with Crippen molar-refractivity contribution in [2.24, 2.45) is 0 Å². The molecule has 1 saturated carbocycles. The first kappa shape index (κ1) is 15.0. The maximum absolute atomic E-state index is 13.6. The predicted octanol–water partition coefficient (Wildman–Crippen LogP) is 4.00. The summed E-state index contributed by atoms with van der Waals surface area (Å²) in [5.41, 5.74) is 0.966. The van der Waals surface area contributed by atoms with Gasteiger partial charge in [0.2, 0.25) is 5.91 Å². The van der Waals surface area contributed by atoms with Gasteiger partial charge in [-0.15, -0.1) is 11.3 Å². The lowest BCUT2D eigenvalue weighted by Crippen LogP contribution is -2.15. The third-order valence-electron chi connectivity index (χ3n) is 3.83. The van der Waals surface area contributed by atoms with Gasteiger partial charge >= 0.3 is 0 Å². The van der Waals surface area contributed by atoms with Crippen LogP contribution in [-0.4, -0.2) is 16.0 Å². The van der Waals surface area contributed by atoms with E-state index < -0.39 is 0 Å². The van der Waals surface area contributed by atoms with Gasteiger partial charge in [-0.1, -0.05) is 23.4 Å². The lowest BCUT2D eigenvalue weighted by Gasteiger charge is -2.05. The highest BCUT2D eigenvalue weighted by atomic mass is 32.1. The van der Waals surface area contributed by atoms with Crippen molar-refractivity contribution >= 4 is 22.9 Å². The van der Waals surface area contributed by atoms with Crippen molar-refractivity contribution in [2.45, 2.75) is 25.2 Å². The van der Waals surface area contributed by atoms with Crippen molar-refractivity contribution in [1.29, 1.82) is 0 Å². The van der Waals surface area contributed by atoms with E-state index in [2.05, 4.69) is 15.5 Å². The summed E-state index contributed by atoms with van der Waals surface area (Å²) in [5.74, 6) is 0.863. The average Bonchev–Trinajstić information content (AvgIpc) is 3.12. The first-order valence-corrected chi connectivity index (χ1v) is 8.53. The summed E-state index contributed by atoms with van der Waals surface area (Å²) in [6.07, 6.45) is 2.16. The maximum Gasteiger partial charge on any atom is 0.270 e. The van der Waals surface area contributed by atoms with Gasteiger partial charge in [-0.3, -0.25) is 4.79 Å². The Morgan fingerprint density at radius 3 is 2.96 bits per heavy atom. The summed E-state index contributed by atoms with van der Waals surface area (Å²) in [6, 6.07) is 8.03. The van der Waals surface area contributed by atoms with Crippen LogP contribution >= 0.6 is 11.3 Å². The lowest BCUT2D eigenvalue weighted by atomic mass is 10.1. The Kier molecular flexibility index (Phi) is 3.86. The predicted molar refractivity (Wildman–Crippen MR) is 88.3 cm³/mol. The molecule has 0 unspecified atom stereocenters. The van der Waals surface area contributed by atoms with Crippen LogP contribution in [0.25, 0.3) is 10.8 Å². The Hall–Kier alpha value is -2.54. The van der Waals surface area contributed by atoms with E-state index in [1.165, 1.54) is 17.4 Å². The summed E-state index contributed by atoms with van der Waals surface area (Å²) in [4.78, 5) is 17.3. The molecule has 1 fully saturated rings. The molecule has 0 spiro atoms. The van der Waals surface area contributed by atoms with E-state index in [1.807, 2.05) is 5.38 Å². The molecule has 2 heterocycles. The minimum Gasteiger partial charge on any atom is -0.333 e. The fraction of sp³-hybridized carbons (Fsp3) is 0.235. The fourth-order valence-electron chi connectivity index (χ4n) is 2.42. The van der Waals surface area contributed by atoms with Crippen LogP contribution < -0.4 is 5.32 Å². The van der Waals surface area contributed by atoms with E-state index in [0.29, 0.717) is 23.1 Å². The minimum atomic E-state index is -0.385. The zero-order valence-electron chi connectivity index (χ0n) is 12.7. The number of hydrogen-bond acceptors (Lipinski definition) is 5. The number of carbonyl (C=O) groups is 1. The van der Waals surface area contributed by atoms with E-state index in [4.69, 9.17) is 4.52 Å². The number of benzene rings is 1. The Labute approximate surface area is 141 Å². The Balaban J connectivity index is 1.50. The molecule has 1 aromatic carbocycles. The topological polar surface area (TPSA) is 68.0 Å². The van der Waals surface area contributed by atoms with Gasteiger partial charge in [-0.25, -0.2) is 4.39 Å². The molecule has 3 aromatic rings. The van der Waals surface area contributed by atoms with Crippen LogP contribution in [0.1, 0.15) is 30.1 Å². The smallest absolute Gasteiger partial charge is 0.270 e. The number of aromatic nitrogens is 2. The highest BCUT2D eigenvalue weighted by molar-refractivity contribution is 7.14. The second-order valence-corrected chi connectivity index (χ2v) is 6.63. The maximum atomic E-state index is 13.6. The molecule has 0 saturated heterocycles. The first-order chi connectivity index (χ1) is 11.7. The van der Waals surface area contributed by atoms with Crippen molar-refractivity contribution in [3.63, 3.8) is 0 Å². The quantitative estimate of drug-likeness (QED) is 0.760. The van der Waals surface area contributed by atoms with Crippen molar-refractivity contribution in [3.05, 3.63) is 52.9 Å². The van der Waals surface area contributed by atoms with Crippen LogP contribution in [-0.2, 0) is 11.2 Å². The van der Waals surface area contributed by atoms with E-state index in [-0.39, 0.29) is 18.1 Å². The van der Waals surface area contributed by atoms with Crippen LogP contribution in [0, 0.1) is 5.82 Å². The molecule has 0 aliphatic heterocycles. The molecule has 1 N–H and O–H groups in total. The normalized spacial score (nSPS) is 13.9. The van der Waals surface area contributed by atoms with Crippen LogP contribution in [0.2, 0.25) is 0 Å². The third kappa shape index (κ3) is 3.07. The van der Waals surface area contributed by atoms with Gasteiger partial charge in [0.1, 0.15) is 10.7 Å². The molecule has 1 amide bonds. The number of thiophene rings is 1. The van der Waals surface area contributed by atoms with E-state index in [1.54, 1.807) is 24.3 Å². The number of carbonyl (C=O) groups excluding carboxylic acids is 1. The van der Waals surface area contributed by atoms with Gasteiger partial charge in [-0.2, -0.15) is 4.98 Å². The van der Waals surface area contributed by atoms with Crippen molar-refractivity contribution in [1.82, 2.24) is 10.1 Å². The molecular formula is C17H14FN3O2S. The van der Waals surface area contributed by atoms with Crippen molar-refractivity contribution in [3.8, 4) is 10.8 Å². The summed E-state index contributed by atoms with van der Waals surface area (Å²) < 4.78 is 19.0. The standard InChI is InChI=1S/C17H14FN3O2S/c18-12-4-2-1-3-11(12)9-14(22)19-13-7-8-24-15(13)17-20-16(21-23-17)10-5-6-10/h1-4,7-8,10H,5-6,9H2,(H,19,22). The molecular weight excluding hydrogens is 329 g/mol. The average molecular weight is 343 g/mol. The zero-order chi connectivity index (χ0) is 16.5. The fourth-order valence-corrected chi connectivity index (χ4v) is 3.19. The molecule has 122 valence electrons. The number of nitrogens with zero attached hydrogens (tertiary/aromatic N) is 2. The number of amides is 1. The van der Waals surface area contributed by atoms with Crippen LogP contribution in [0.5, 0.6) is 0 Å². The van der Waals surface area contributed by atoms with Crippen molar-refractivity contribution < 1.29 is 13.7 Å². The molecule has 4 rings (SSSR count). The summed E-state index contributed by atoms with van der Waals surface area (Å²) in [7, 11) is 0. The molecule has 5 nitrogen and oxygen atoms in total. The number of rotatable bonds is 5. The second kappa shape index (κ2) is 6.16. The highest BCUT2D eigenvalue weighted by Crippen LogP contribution is 2.40. The lowest BCUT2D eigenvalue weighted by molar-refractivity contribution is -0.115. The number of nitrogens with one attached hydrogen (secondary N) is 1. The van der Waals surface area contributed by atoms with E-state index in [0.717, 1.165) is 23.5 Å². The molecule has 24 heavy (non-hydrogen) atoms. The Morgan fingerprint density at radius 2 is 2.17 bits per heavy atom. The van der Waals surface area contributed by atoms with Gasteiger partial charge in [0.25, 0.3) is 5.89 Å². The molecule has 0 atom stereocenters. The second-order valence-electron chi connectivity index (χ2n) is 5.71. The van der Waals surface area contributed by atoms with Gasteiger partial charge < -0.3 is 9.84 Å². The summed E-state index contributed by atoms with van der Waals surface area (Å²) >= 11 is 1.41. The van der Waals surface area contributed by atoms with Gasteiger partial charge in [0, 0.05) is 5.92 Å². The van der Waals surface area contributed by atoms with Crippen molar-refractivity contribution in [2.75, 3.05) is 5.32 Å². The number of halogens is 1. The Bertz CT molecular complexity index is 885. The van der Waals surface area contributed by atoms with Gasteiger partial charge in [0.05, 0.1) is 12.1 Å². The first-order valence-electron chi connectivity index (χ1n) is 7.65. The summed E-state index contributed by atoms with van der Waals surface area (Å²) in [6.45, 7) is 0.